The molecule has 1 N–H and O–H groups in total. The Balaban J connectivity index is 1.34. The fourth-order valence-corrected chi connectivity index (χ4v) is 7.42. The summed E-state index contributed by atoms with van der Waals surface area (Å²) in [4.78, 5) is 17.1. The molecule has 0 bridgehead atoms. The molecule has 1 atom stereocenters. The van der Waals surface area contributed by atoms with Crippen LogP contribution in [0.1, 0.15) is 16.8 Å². The number of hydrogen-bond donors (Lipinski definition) is 1. The van der Waals surface area contributed by atoms with Gasteiger partial charge < -0.3 is 9.64 Å². The minimum Gasteiger partial charge on any atom is -0.379 e. The number of rotatable bonds is 4. The quantitative estimate of drug-likeness (QED) is 0.779. The Morgan fingerprint density at radius 2 is 1.93 bits per heavy atom. The normalized spacial score (nSPS) is 25.3. The van der Waals surface area contributed by atoms with E-state index in [1.54, 1.807) is 4.90 Å². The second-order valence-corrected chi connectivity index (χ2v) is 10.9. The summed E-state index contributed by atoms with van der Waals surface area (Å²) in [5, 5.41) is 6.97. The van der Waals surface area contributed by atoms with Gasteiger partial charge in [0.1, 0.15) is 4.75 Å². The molecule has 5 rings (SSSR count). The van der Waals surface area contributed by atoms with Gasteiger partial charge >= 0.3 is 0 Å². The number of morpholine rings is 1. The van der Waals surface area contributed by atoms with Gasteiger partial charge in [0, 0.05) is 38.3 Å². The third kappa shape index (κ3) is 3.16. The molecule has 3 saturated heterocycles. The van der Waals surface area contributed by atoms with Gasteiger partial charge in [0.2, 0.25) is 0 Å². The van der Waals surface area contributed by atoms with Gasteiger partial charge in [-0.05, 0) is 12.3 Å². The molecular formula is C21H26N4O4S. The topological polar surface area (TPSA) is 95.6 Å². The molecule has 0 aliphatic carbocycles. The Hall–Kier alpha value is -2.23. The highest BCUT2D eigenvalue weighted by Gasteiger charge is 2.62. The first kappa shape index (κ1) is 19.7. The third-order valence-electron chi connectivity index (χ3n) is 6.82. The smallest absolute Gasteiger partial charge is 0.257 e. The third-order valence-corrected chi connectivity index (χ3v) is 9.42. The molecule has 8 nitrogen and oxygen atoms in total. The number of benzene rings is 1. The summed E-state index contributed by atoms with van der Waals surface area (Å²) in [6.45, 7) is 4.35. The van der Waals surface area contributed by atoms with Gasteiger partial charge in [0.05, 0.1) is 36.4 Å². The number of aromatic amines is 1. The zero-order valence-corrected chi connectivity index (χ0v) is 17.6. The lowest BCUT2D eigenvalue weighted by molar-refractivity contribution is 0.0141. The average Bonchev–Trinajstić information content (AvgIpc) is 3.31. The van der Waals surface area contributed by atoms with E-state index in [4.69, 9.17) is 4.74 Å². The number of amides is 1. The Labute approximate surface area is 176 Å². The molecule has 0 saturated carbocycles. The summed E-state index contributed by atoms with van der Waals surface area (Å²) in [6.07, 6.45) is 2.20. The monoisotopic (exact) mass is 430 g/mol. The summed E-state index contributed by atoms with van der Waals surface area (Å²) < 4.78 is 30.5. The molecular weight excluding hydrogens is 404 g/mol. The lowest BCUT2D eigenvalue weighted by atomic mass is 9.82. The summed E-state index contributed by atoms with van der Waals surface area (Å²) >= 11 is 0. The van der Waals surface area contributed by atoms with Crippen molar-refractivity contribution in [3.8, 4) is 11.3 Å². The van der Waals surface area contributed by atoms with Crippen molar-refractivity contribution in [3.05, 3.63) is 42.1 Å². The zero-order chi connectivity index (χ0) is 20.8. The van der Waals surface area contributed by atoms with E-state index in [-0.39, 0.29) is 30.7 Å². The largest absolute Gasteiger partial charge is 0.379 e. The molecule has 0 radical (unpaired) electrons. The number of nitrogens with zero attached hydrogens (tertiary/aromatic N) is 3. The molecule has 1 aromatic heterocycles. The van der Waals surface area contributed by atoms with E-state index in [0.29, 0.717) is 30.9 Å². The molecule has 160 valence electrons. The Morgan fingerprint density at radius 3 is 2.67 bits per heavy atom. The molecule has 1 unspecified atom stereocenters. The lowest BCUT2D eigenvalue weighted by Gasteiger charge is -2.50. The minimum absolute atomic E-state index is 0.0580. The number of carbonyl (C=O) groups is 1. The van der Waals surface area contributed by atoms with Crippen molar-refractivity contribution in [1.29, 1.82) is 0 Å². The molecule has 1 amide bonds. The second-order valence-electron chi connectivity index (χ2n) is 8.47. The van der Waals surface area contributed by atoms with Crippen LogP contribution in [0.3, 0.4) is 0 Å². The highest BCUT2D eigenvalue weighted by Crippen LogP contribution is 2.45. The van der Waals surface area contributed by atoms with Crippen LogP contribution in [0.15, 0.2) is 36.5 Å². The van der Waals surface area contributed by atoms with Crippen LogP contribution in [0.5, 0.6) is 0 Å². The SMILES string of the molecule is O=C(c1cn[nH]c1-c1ccccc1)N1CC2(C1)C(CN1CCOCC1)CCS2(=O)=O. The van der Waals surface area contributed by atoms with E-state index in [1.807, 2.05) is 30.3 Å². The van der Waals surface area contributed by atoms with Gasteiger partial charge in [-0.3, -0.25) is 14.8 Å². The Kier molecular flexibility index (Phi) is 4.91. The predicted molar refractivity (Wildman–Crippen MR) is 112 cm³/mol. The van der Waals surface area contributed by atoms with E-state index in [9.17, 15) is 13.2 Å². The van der Waals surface area contributed by atoms with Crippen LogP contribution in [0, 0.1) is 5.92 Å². The zero-order valence-electron chi connectivity index (χ0n) is 16.8. The molecule has 4 heterocycles. The van der Waals surface area contributed by atoms with Crippen LogP contribution in [-0.2, 0) is 14.6 Å². The van der Waals surface area contributed by atoms with Crippen LogP contribution in [0.25, 0.3) is 11.3 Å². The molecule has 9 heteroatoms. The molecule has 1 aromatic carbocycles. The second kappa shape index (κ2) is 7.47. The van der Waals surface area contributed by atoms with Crippen molar-refractivity contribution in [2.45, 2.75) is 11.2 Å². The van der Waals surface area contributed by atoms with Gasteiger partial charge in [-0.1, -0.05) is 30.3 Å². The van der Waals surface area contributed by atoms with Crippen molar-refractivity contribution in [3.63, 3.8) is 0 Å². The summed E-state index contributed by atoms with van der Waals surface area (Å²) in [5.41, 5.74) is 2.03. The number of carbonyl (C=O) groups excluding carboxylic acids is 1. The fraction of sp³-hybridized carbons (Fsp3) is 0.524. The standard InChI is InChI=1S/C21H26N4O4S/c26-20(18-12-22-23-19(18)16-4-2-1-3-5-16)25-14-21(15-25)17(6-11-30(21,27)28)13-24-7-9-29-10-8-24/h1-5,12,17H,6-11,13-15H2,(H,22,23). The first-order chi connectivity index (χ1) is 14.5. The fourth-order valence-electron chi connectivity index (χ4n) is 5.01. The molecule has 3 fully saturated rings. The van der Waals surface area contributed by atoms with Crippen LogP contribution in [-0.4, -0.2) is 90.8 Å². The van der Waals surface area contributed by atoms with Gasteiger partial charge in [-0.2, -0.15) is 5.10 Å². The summed E-state index contributed by atoms with van der Waals surface area (Å²) in [7, 11) is -3.22. The number of ether oxygens (including phenoxy) is 1. The van der Waals surface area contributed by atoms with Crippen LogP contribution < -0.4 is 0 Å². The van der Waals surface area contributed by atoms with Crippen LogP contribution >= 0.6 is 0 Å². The lowest BCUT2D eigenvalue weighted by Crippen LogP contribution is -2.69. The van der Waals surface area contributed by atoms with Gasteiger partial charge in [-0.25, -0.2) is 8.42 Å². The molecule has 2 aromatic rings. The number of likely N-dealkylation sites (tertiary alicyclic amines) is 1. The summed E-state index contributed by atoms with van der Waals surface area (Å²) in [6, 6.07) is 9.57. The van der Waals surface area contributed by atoms with E-state index in [0.717, 1.165) is 25.2 Å². The number of H-pyrrole nitrogens is 1. The van der Waals surface area contributed by atoms with Crippen LogP contribution in [0.4, 0.5) is 0 Å². The van der Waals surface area contributed by atoms with E-state index in [1.165, 1.54) is 6.20 Å². The van der Waals surface area contributed by atoms with Crippen molar-refractivity contribution in [1.82, 2.24) is 20.0 Å². The van der Waals surface area contributed by atoms with Gasteiger partial charge in [0.15, 0.2) is 9.84 Å². The van der Waals surface area contributed by atoms with Gasteiger partial charge in [-0.15, -0.1) is 0 Å². The number of nitrogens with one attached hydrogen (secondary N) is 1. The van der Waals surface area contributed by atoms with E-state index in [2.05, 4.69) is 15.1 Å². The van der Waals surface area contributed by atoms with E-state index < -0.39 is 14.6 Å². The molecule has 1 spiro atoms. The Morgan fingerprint density at radius 1 is 1.20 bits per heavy atom. The average molecular weight is 431 g/mol. The number of hydrogen-bond acceptors (Lipinski definition) is 6. The molecule has 30 heavy (non-hydrogen) atoms. The molecule has 3 aliphatic rings. The first-order valence-corrected chi connectivity index (χ1v) is 12.1. The minimum atomic E-state index is -3.22. The maximum Gasteiger partial charge on any atom is 0.257 e. The van der Waals surface area contributed by atoms with Crippen molar-refractivity contribution >= 4 is 15.7 Å². The highest BCUT2D eigenvalue weighted by molar-refractivity contribution is 7.93. The Bertz CT molecular complexity index is 1020. The number of aromatic nitrogens is 2. The maximum atomic E-state index is 13.2. The first-order valence-electron chi connectivity index (χ1n) is 10.4. The maximum absolute atomic E-state index is 13.2. The van der Waals surface area contributed by atoms with Crippen LogP contribution in [0.2, 0.25) is 0 Å². The summed E-state index contributed by atoms with van der Waals surface area (Å²) in [5.74, 6) is 0.105. The van der Waals surface area contributed by atoms with Crippen molar-refractivity contribution < 1.29 is 17.9 Å². The molecule has 3 aliphatic heterocycles. The predicted octanol–water partition coefficient (Wildman–Crippen LogP) is 1.04. The highest BCUT2D eigenvalue weighted by atomic mass is 32.2. The number of sulfone groups is 1. The van der Waals surface area contributed by atoms with Gasteiger partial charge in [0.25, 0.3) is 5.91 Å². The van der Waals surface area contributed by atoms with E-state index >= 15 is 0 Å². The van der Waals surface area contributed by atoms with Crippen molar-refractivity contribution in [2.75, 3.05) is 51.7 Å². The van der Waals surface area contributed by atoms with Crippen molar-refractivity contribution in [2.24, 2.45) is 5.92 Å².